The molecule has 120 valence electrons. The number of hydrogen-bond donors (Lipinski definition) is 0. The molecule has 3 unspecified atom stereocenters. The summed E-state index contributed by atoms with van der Waals surface area (Å²) in [6.45, 7) is 7.72. The fourth-order valence-corrected chi connectivity index (χ4v) is 3.13. The largest absolute Gasteiger partial charge is 0.784 e. The first-order chi connectivity index (χ1) is 9.79. The second-order valence-electron chi connectivity index (χ2n) is 5.04. The second-order valence-corrected chi connectivity index (χ2v) is 6.73. The smallest absolute Gasteiger partial charge is 0.333 e. The molecule has 1 aliphatic rings. The molecule has 0 spiro atoms. The first-order valence-electron chi connectivity index (χ1n) is 6.98. The van der Waals surface area contributed by atoms with Gasteiger partial charge in [-0.2, -0.15) is 0 Å². The normalized spacial score (nSPS) is 28.2. The second kappa shape index (κ2) is 7.29. The highest BCUT2D eigenvalue weighted by Gasteiger charge is 2.58. The number of carbonyl (C=O) groups is 2. The lowest BCUT2D eigenvalue weighted by molar-refractivity contribution is -0.138. The molecule has 1 amide bonds. The highest BCUT2D eigenvalue weighted by Crippen LogP contribution is 2.49. The molecule has 0 aromatic heterocycles. The van der Waals surface area contributed by atoms with E-state index in [9.17, 15) is 14.8 Å². The summed E-state index contributed by atoms with van der Waals surface area (Å²) in [7, 11) is 1.63. The summed E-state index contributed by atoms with van der Waals surface area (Å²) in [4.78, 5) is 24.5. The third kappa shape index (κ3) is 3.99. The first kappa shape index (κ1) is 18.0. The summed E-state index contributed by atoms with van der Waals surface area (Å²) in [5, 5.41) is 12.6. The lowest BCUT2D eigenvalue weighted by Crippen LogP contribution is -2.33. The van der Waals surface area contributed by atoms with Crippen molar-refractivity contribution >= 4 is 23.6 Å². The maximum atomic E-state index is 12.2. The van der Waals surface area contributed by atoms with Crippen molar-refractivity contribution in [1.82, 2.24) is 9.96 Å². The van der Waals surface area contributed by atoms with E-state index in [1.165, 1.54) is 16.7 Å². The fourth-order valence-electron chi connectivity index (χ4n) is 2.01. The number of amides is 1. The van der Waals surface area contributed by atoms with Gasteiger partial charge < -0.3 is 19.9 Å². The Bertz CT molecular complexity index is 441. The Hall–Kier alpha value is -1.05. The Morgan fingerprint density at radius 2 is 2.10 bits per heavy atom. The van der Waals surface area contributed by atoms with Crippen LogP contribution in [0.2, 0.25) is 0 Å². The van der Waals surface area contributed by atoms with Gasteiger partial charge in [0.15, 0.2) is 0 Å². The number of ether oxygens (including phenoxy) is 1. The average molecular weight is 315 g/mol. The lowest BCUT2D eigenvalue weighted by Gasteiger charge is -2.16. The van der Waals surface area contributed by atoms with Crippen LogP contribution in [0.3, 0.4) is 0 Å². The molecular weight excluding hydrogens is 292 g/mol. The maximum absolute atomic E-state index is 12.2. The van der Waals surface area contributed by atoms with Crippen LogP contribution in [0.1, 0.15) is 27.7 Å². The van der Waals surface area contributed by atoms with Crippen molar-refractivity contribution in [2.75, 3.05) is 26.0 Å². The first-order valence-corrected chi connectivity index (χ1v) is 7.97. The number of nitrogens with zero attached hydrogens (tertiary/aromatic N) is 2. The van der Waals surface area contributed by atoms with Gasteiger partial charge >= 0.3 is 5.97 Å². The van der Waals surface area contributed by atoms with Crippen molar-refractivity contribution in [3.63, 3.8) is 0 Å². The van der Waals surface area contributed by atoms with Crippen molar-refractivity contribution in [3.05, 3.63) is 16.9 Å². The molecular formula is C14H23N2O4S-. The van der Waals surface area contributed by atoms with E-state index in [2.05, 4.69) is 0 Å². The van der Waals surface area contributed by atoms with Gasteiger partial charge in [-0.15, -0.1) is 11.8 Å². The highest BCUT2D eigenvalue weighted by molar-refractivity contribution is 8.00. The number of likely N-dealkylation sites (N-methyl/N-ethyl adjacent to an activating group) is 1. The molecule has 21 heavy (non-hydrogen) atoms. The van der Waals surface area contributed by atoms with E-state index in [4.69, 9.17) is 4.74 Å². The van der Waals surface area contributed by atoms with Crippen molar-refractivity contribution in [3.8, 4) is 0 Å². The zero-order valence-corrected chi connectivity index (χ0v) is 14.0. The van der Waals surface area contributed by atoms with Gasteiger partial charge in [0.25, 0.3) is 0 Å². The zero-order valence-electron chi connectivity index (χ0n) is 13.2. The number of rotatable bonds is 7. The molecule has 1 heterocycles. The van der Waals surface area contributed by atoms with E-state index >= 15 is 0 Å². The highest BCUT2D eigenvalue weighted by atomic mass is 32.2. The van der Waals surface area contributed by atoms with Crippen LogP contribution in [-0.4, -0.2) is 58.7 Å². The number of hydroxylamine groups is 2. The number of hydrogen-bond acceptors (Lipinski definition) is 6. The molecule has 7 heteroatoms. The van der Waals surface area contributed by atoms with Gasteiger partial charge in [-0.3, -0.25) is 4.79 Å². The Morgan fingerprint density at radius 1 is 1.48 bits per heavy atom. The van der Waals surface area contributed by atoms with E-state index in [1.807, 2.05) is 6.92 Å². The summed E-state index contributed by atoms with van der Waals surface area (Å²) in [5.74, 6) is 0.174. The molecule has 1 aliphatic heterocycles. The predicted molar refractivity (Wildman–Crippen MR) is 83.6 cm³/mol. The number of esters is 1. The van der Waals surface area contributed by atoms with Crippen LogP contribution < -0.4 is 0 Å². The van der Waals surface area contributed by atoms with Crippen molar-refractivity contribution in [2.24, 2.45) is 0 Å². The summed E-state index contributed by atoms with van der Waals surface area (Å²) in [6.07, 6.45) is 1.64. The molecule has 0 aromatic rings. The third-order valence-corrected chi connectivity index (χ3v) is 4.70. The zero-order chi connectivity index (χ0) is 16.2. The summed E-state index contributed by atoms with van der Waals surface area (Å²) in [5.41, 5.74) is 0.456. The van der Waals surface area contributed by atoms with Crippen LogP contribution in [0.15, 0.2) is 11.6 Å². The van der Waals surface area contributed by atoms with E-state index in [-0.39, 0.29) is 18.4 Å². The SMILES string of the molecule is CCOC(=O)/C(C)=C/CN(C)C(=O)C1N([O-])C1(C)SCC. The molecule has 1 saturated heterocycles. The average Bonchev–Trinajstić information content (AvgIpc) is 2.96. The van der Waals surface area contributed by atoms with Gasteiger partial charge in [0.05, 0.1) is 11.5 Å². The third-order valence-electron chi connectivity index (χ3n) is 3.43. The van der Waals surface area contributed by atoms with Gasteiger partial charge in [0.2, 0.25) is 5.91 Å². The van der Waals surface area contributed by atoms with Gasteiger partial charge in [-0.05, 0) is 26.5 Å². The standard InChI is InChI=1S/C14H23N2O4S/c1-6-20-13(18)10(3)8-9-15(5)12(17)11-14(4,16(11)19)21-7-2/h8,11H,6-7,9H2,1-5H3/q-1/b10-8+. The summed E-state index contributed by atoms with van der Waals surface area (Å²) >= 11 is 1.47. The topological polar surface area (TPSA) is 72.7 Å². The molecule has 0 aliphatic carbocycles. The van der Waals surface area contributed by atoms with E-state index in [0.717, 1.165) is 10.8 Å². The van der Waals surface area contributed by atoms with Crippen molar-refractivity contribution in [2.45, 2.75) is 38.6 Å². The van der Waals surface area contributed by atoms with Crippen LogP contribution in [0.25, 0.3) is 0 Å². The molecule has 0 N–H and O–H groups in total. The van der Waals surface area contributed by atoms with E-state index < -0.39 is 10.9 Å². The monoisotopic (exact) mass is 315 g/mol. The molecule has 1 rings (SSSR count). The number of carbonyl (C=O) groups excluding carboxylic acids is 2. The fraction of sp³-hybridized carbons (Fsp3) is 0.714. The molecule has 1 fully saturated rings. The Morgan fingerprint density at radius 3 is 2.62 bits per heavy atom. The van der Waals surface area contributed by atoms with Crippen molar-refractivity contribution < 1.29 is 14.3 Å². The Kier molecular flexibility index (Phi) is 6.24. The molecule has 6 nitrogen and oxygen atoms in total. The van der Waals surface area contributed by atoms with E-state index in [1.54, 1.807) is 33.9 Å². The van der Waals surface area contributed by atoms with Crippen LogP contribution in [0.4, 0.5) is 0 Å². The molecule has 0 aromatic carbocycles. The van der Waals surface area contributed by atoms with Crippen LogP contribution >= 0.6 is 11.8 Å². The van der Waals surface area contributed by atoms with Crippen molar-refractivity contribution in [1.29, 1.82) is 0 Å². The minimum Gasteiger partial charge on any atom is -0.784 e. The molecule has 0 radical (unpaired) electrons. The molecule has 0 saturated carbocycles. The predicted octanol–water partition coefficient (Wildman–Crippen LogP) is 1.61. The van der Waals surface area contributed by atoms with Crippen LogP contribution in [0.5, 0.6) is 0 Å². The van der Waals surface area contributed by atoms with Gasteiger partial charge in [-0.1, -0.05) is 13.0 Å². The van der Waals surface area contributed by atoms with Gasteiger partial charge in [-0.25, -0.2) is 4.79 Å². The lowest BCUT2D eigenvalue weighted by atomic mass is 10.2. The van der Waals surface area contributed by atoms with Crippen LogP contribution in [0, 0.1) is 5.21 Å². The van der Waals surface area contributed by atoms with Crippen LogP contribution in [-0.2, 0) is 14.3 Å². The summed E-state index contributed by atoms with van der Waals surface area (Å²) in [6, 6.07) is -0.635. The molecule has 0 bridgehead atoms. The molecule has 3 atom stereocenters. The number of thioether (sulfide) groups is 1. The van der Waals surface area contributed by atoms with Gasteiger partial charge in [0, 0.05) is 19.2 Å². The quantitative estimate of drug-likeness (QED) is 0.404. The van der Waals surface area contributed by atoms with E-state index in [0.29, 0.717) is 12.2 Å². The summed E-state index contributed by atoms with van der Waals surface area (Å²) < 4.78 is 4.87. The Balaban J connectivity index is 2.57. The Labute approximate surface area is 130 Å². The minimum atomic E-state index is -0.653. The minimum absolute atomic E-state index is 0.221. The van der Waals surface area contributed by atoms with Gasteiger partial charge in [0.1, 0.15) is 6.04 Å². The maximum Gasteiger partial charge on any atom is 0.333 e.